The lowest BCUT2D eigenvalue weighted by molar-refractivity contribution is 0.102. The van der Waals surface area contributed by atoms with Gasteiger partial charge in [-0.15, -0.1) is 0 Å². The number of benzene rings is 3. The zero-order valence-electron chi connectivity index (χ0n) is 15.0. The third-order valence-corrected chi connectivity index (χ3v) is 6.08. The van der Waals surface area contributed by atoms with Crippen LogP contribution in [-0.2, 0) is 10.0 Å². The van der Waals surface area contributed by atoms with Gasteiger partial charge in [0.15, 0.2) is 0 Å². The smallest absolute Gasteiger partial charge is 0.262 e. The molecule has 2 N–H and O–H groups in total. The molecule has 29 heavy (non-hydrogen) atoms. The van der Waals surface area contributed by atoms with Gasteiger partial charge in [-0.3, -0.25) is 9.52 Å². The summed E-state index contributed by atoms with van der Waals surface area (Å²) in [6.07, 6.45) is 0. The van der Waals surface area contributed by atoms with Crippen LogP contribution in [0.5, 0.6) is 0 Å². The highest BCUT2D eigenvalue weighted by atomic mass is 35.5. The SMILES string of the molecule is Cc1ccc(NC(=O)c2ccc(Cl)cc2Cl)cc1S(=O)(=O)Nc1ccccc1F. The quantitative estimate of drug-likeness (QED) is 0.536. The van der Waals surface area contributed by atoms with E-state index in [-0.39, 0.29) is 26.9 Å². The Morgan fingerprint density at radius 2 is 1.72 bits per heavy atom. The van der Waals surface area contributed by atoms with Crippen LogP contribution in [0.25, 0.3) is 0 Å². The molecular formula is C20H15Cl2FN2O3S. The van der Waals surface area contributed by atoms with Crippen molar-refractivity contribution in [3.05, 3.63) is 87.7 Å². The summed E-state index contributed by atoms with van der Waals surface area (Å²) in [6, 6.07) is 14.2. The number of anilines is 2. The minimum absolute atomic E-state index is 0.0965. The molecule has 3 aromatic rings. The number of carbonyl (C=O) groups is 1. The highest BCUT2D eigenvalue weighted by Gasteiger charge is 2.20. The number of sulfonamides is 1. The molecule has 0 atom stereocenters. The van der Waals surface area contributed by atoms with E-state index < -0.39 is 21.7 Å². The maximum atomic E-state index is 13.8. The van der Waals surface area contributed by atoms with Gasteiger partial charge < -0.3 is 5.32 Å². The minimum atomic E-state index is -4.09. The lowest BCUT2D eigenvalue weighted by atomic mass is 10.2. The molecule has 0 fully saturated rings. The van der Waals surface area contributed by atoms with E-state index >= 15 is 0 Å². The number of halogens is 3. The molecule has 150 valence electrons. The summed E-state index contributed by atoms with van der Waals surface area (Å²) in [7, 11) is -4.09. The summed E-state index contributed by atoms with van der Waals surface area (Å²) < 4.78 is 41.6. The molecule has 0 heterocycles. The normalized spacial score (nSPS) is 11.2. The second-order valence-corrected chi connectivity index (χ2v) is 8.64. The molecule has 0 bridgehead atoms. The number of para-hydroxylation sites is 1. The molecule has 0 saturated carbocycles. The van der Waals surface area contributed by atoms with Gasteiger partial charge >= 0.3 is 0 Å². The van der Waals surface area contributed by atoms with Crippen LogP contribution in [0.4, 0.5) is 15.8 Å². The Kier molecular flexibility index (Phi) is 6.12. The molecule has 0 aromatic heterocycles. The molecule has 0 radical (unpaired) electrons. The zero-order chi connectivity index (χ0) is 21.2. The molecule has 0 spiro atoms. The van der Waals surface area contributed by atoms with E-state index in [1.54, 1.807) is 13.0 Å². The molecule has 3 aromatic carbocycles. The average molecular weight is 453 g/mol. The average Bonchev–Trinajstić information content (AvgIpc) is 2.65. The Morgan fingerprint density at radius 1 is 1.00 bits per heavy atom. The van der Waals surface area contributed by atoms with Crippen molar-refractivity contribution < 1.29 is 17.6 Å². The zero-order valence-corrected chi connectivity index (χ0v) is 17.4. The van der Waals surface area contributed by atoms with Crippen LogP contribution in [0.15, 0.2) is 65.6 Å². The summed E-state index contributed by atoms with van der Waals surface area (Å²) in [6.45, 7) is 1.59. The van der Waals surface area contributed by atoms with Gasteiger partial charge in [0.25, 0.3) is 15.9 Å². The summed E-state index contributed by atoms with van der Waals surface area (Å²) in [4.78, 5) is 12.4. The third kappa shape index (κ3) is 4.87. The van der Waals surface area contributed by atoms with E-state index in [4.69, 9.17) is 23.2 Å². The number of nitrogens with one attached hydrogen (secondary N) is 2. The van der Waals surface area contributed by atoms with Crippen molar-refractivity contribution in [2.24, 2.45) is 0 Å². The van der Waals surface area contributed by atoms with Gasteiger partial charge in [0, 0.05) is 10.7 Å². The largest absolute Gasteiger partial charge is 0.322 e. The Bertz CT molecular complexity index is 1200. The second kappa shape index (κ2) is 8.41. The molecule has 0 unspecified atom stereocenters. The summed E-state index contributed by atoms with van der Waals surface area (Å²) in [5.74, 6) is -1.23. The fraction of sp³-hybridized carbons (Fsp3) is 0.0500. The molecule has 0 aliphatic rings. The van der Waals surface area contributed by atoms with Crippen LogP contribution in [0.1, 0.15) is 15.9 Å². The van der Waals surface area contributed by atoms with Crippen LogP contribution in [0.3, 0.4) is 0 Å². The van der Waals surface area contributed by atoms with E-state index in [0.717, 1.165) is 6.07 Å². The Labute approximate surface area is 177 Å². The van der Waals surface area contributed by atoms with Gasteiger partial charge in [-0.25, -0.2) is 12.8 Å². The van der Waals surface area contributed by atoms with E-state index in [9.17, 15) is 17.6 Å². The third-order valence-electron chi connectivity index (χ3n) is 4.03. The van der Waals surface area contributed by atoms with E-state index in [1.807, 2.05) is 0 Å². The summed E-state index contributed by atoms with van der Waals surface area (Å²) in [5.41, 5.74) is 0.678. The molecule has 0 aliphatic heterocycles. The van der Waals surface area contributed by atoms with Crippen LogP contribution >= 0.6 is 23.2 Å². The van der Waals surface area contributed by atoms with Gasteiger partial charge in [-0.1, -0.05) is 41.4 Å². The number of amides is 1. The first-order valence-electron chi connectivity index (χ1n) is 8.32. The van der Waals surface area contributed by atoms with Crippen LogP contribution in [0.2, 0.25) is 10.0 Å². The van der Waals surface area contributed by atoms with Crippen LogP contribution in [0, 0.1) is 12.7 Å². The predicted octanol–water partition coefficient (Wildman–Crippen LogP) is 5.49. The minimum Gasteiger partial charge on any atom is -0.322 e. The molecular weight excluding hydrogens is 438 g/mol. The first-order chi connectivity index (χ1) is 13.7. The number of hydrogen-bond donors (Lipinski definition) is 2. The maximum Gasteiger partial charge on any atom is 0.262 e. The number of rotatable bonds is 5. The van der Waals surface area contributed by atoms with Crippen LogP contribution in [-0.4, -0.2) is 14.3 Å². The van der Waals surface area contributed by atoms with Crippen molar-refractivity contribution in [1.82, 2.24) is 0 Å². The molecule has 9 heteroatoms. The van der Waals surface area contributed by atoms with E-state index in [1.165, 1.54) is 48.5 Å². The lowest BCUT2D eigenvalue weighted by Crippen LogP contribution is -2.17. The van der Waals surface area contributed by atoms with Gasteiger partial charge in [-0.2, -0.15) is 0 Å². The monoisotopic (exact) mass is 452 g/mol. The highest BCUT2D eigenvalue weighted by molar-refractivity contribution is 7.92. The van der Waals surface area contributed by atoms with Gasteiger partial charge in [0.1, 0.15) is 5.82 Å². The Morgan fingerprint density at radius 3 is 2.41 bits per heavy atom. The second-order valence-electron chi connectivity index (χ2n) is 6.14. The van der Waals surface area contributed by atoms with Crippen molar-refractivity contribution in [2.45, 2.75) is 11.8 Å². The number of aryl methyl sites for hydroxylation is 1. The van der Waals surface area contributed by atoms with Crippen molar-refractivity contribution in [3.63, 3.8) is 0 Å². The molecule has 3 rings (SSSR count). The molecule has 0 aliphatic carbocycles. The van der Waals surface area contributed by atoms with Crippen molar-refractivity contribution in [3.8, 4) is 0 Å². The van der Waals surface area contributed by atoms with Gasteiger partial charge in [-0.05, 0) is 55.0 Å². The molecule has 5 nitrogen and oxygen atoms in total. The summed E-state index contributed by atoms with van der Waals surface area (Å²) >= 11 is 11.9. The maximum absolute atomic E-state index is 13.8. The first-order valence-corrected chi connectivity index (χ1v) is 10.6. The van der Waals surface area contributed by atoms with Crippen LogP contribution < -0.4 is 10.0 Å². The fourth-order valence-electron chi connectivity index (χ4n) is 2.58. The predicted molar refractivity (Wildman–Crippen MR) is 113 cm³/mol. The fourth-order valence-corrected chi connectivity index (χ4v) is 4.42. The highest BCUT2D eigenvalue weighted by Crippen LogP contribution is 2.26. The number of hydrogen-bond acceptors (Lipinski definition) is 3. The van der Waals surface area contributed by atoms with Gasteiger partial charge in [0.05, 0.1) is 21.2 Å². The lowest BCUT2D eigenvalue weighted by Gasteiger charge is -2.13. The van der Waals surface area contributed by atoms with Crippen molar-refractivity contribution in [1.29, 1.82) is 0 Å². The topological polar surface area (TPSA) is 75.3 Å². The van der Waals surface area contributed by atoms with E-state index in [2.05, 4.69) is 10.0 Å². The van der Waals surface area contributed by atoms with Crippen molar-refractivity contribution >= 4 is 50.5 Å². The Balaban J connectivity index is 1.89. The molecule has 1 amide bonds. The van der Waals surface area contributed by atoms with Gasteiger partial charge in [0.2, 0.25) is 0 Å². The Hall–Kier alpha value is -2.61. The van der Waals surface area contributed by atoms with Crippen molar-refractivity contribution in [2.75, 3.05) is 10.0 Å². The first kappa shape index (κ1) is 21.1. The number of carbonyl (C=O) groups excluding carboxylic acids is 1. The summed E-state index contributed by atoms with van der Waals surface area (Å²) in [5, 5.41) is 3.15. The van der Waals surface area contributed by atoms with E-state index in [0.29, 0.717) is 10.6 Å². The standard InChI is InChI=1S/C20H15Cl2FN2O3S/c1-12-6-8-14(24-20(26)15-9-7-13(21)10-16(15)22)11-19(12)29(27,28)25-18-5-3-2-4-17(18)23/h2-11,25H,1H3,(H,24,26). The molecule has 0 saturated heterocycles.